The summed E-state index contributed by atoms with van der Waals surface area (Å²) in [5, 5.41) is 0. The molecule has 0 spiro atoms. The number of carbonyl (C=O) groups is 1. The highest BCUT2D eigenvalue weighted by molar-refractivity contribution is 5.81. The van der Waals surface area contributed by atoms with Gasteiger partial charge in [-0.1, -0.05) is 26.8 Å². The highest BCUT2D eigenvalue weighted by Gasteiger charge is 2.51. The maximum atomic E-state index is 11.6. The van der Waals surface area contributed by atoms with Crippen LogP contribution in [0.5, 0.6) is 0 Å². The Balaban J connectivity index is 3.02. The van der Waals surface area contributed by atoms with E-state index in [1.54, 1.807) is 0 Å². The van der Waals surface area contributed by atoms with E-state index in [4.69, 9.17) is 4.74 Å². The van der Waals surface area contributed by atoms with Crippen molar-refractivity contribution in [3.63, 3.8) is 0 Å². The summed E-state index contributed by atoms with van der Waals surface area (Å²) < 4.78 is 5.67. The van der Waals surface area contributed by atoms with Crippen LogP contribution in [0.15, 0.2) is 12.7 Å². The molecule has 0 aromatic carbocycles. The summed E-state index contributed by atoms with van der Waals surface area (Å²) in [7, 11) is 0. The van der Waals surface area contributed by atoms with Crippen LogP contribution in [0.3, 0.4) is 0 Å². The molecule has 1 fully saturated rings. The van der Waals surface area contributed by atoms with Crippen molar-refractivity contribution in [1.82, 2.24) is 4.90 Å². The molecule has 0 aliphatic carbocycles. The number of likely N-dealkylation sites (tertiary alicyclic amines) is 1. The van der Waals surface area contributed by atoms with Crippen molar-refractivity contribution in [2.24, 2.45) is 5.92 Å². The molecule has 1 saturated heterocycles. The zero-order valence-corrected chi connectivity index (χ0v) is 14.0. The quantitative estimate of drug-likeness (QED) is 0.567. The Morgan fingerprint density at radius 3 is 2.50 bits per heavy atom. The monoisotopic (exact) mass is 281 g/mol. The van der Waals surface area contributed by atoms with Gasteiger partial charge in [0, 0.05) is 11.6 Å². The molecular formula is C17H31NO2. The van der Waals surface area contributed by atoms with Gasteiger partial charge in [0.15, 0.2) is 0 Å². The lowest BCUT2D eigenvalue weighted by Crippen LogP contribution is -2.67. The number of nitrogens with zero attached hydrogens (tertiary/aromatic N) is 1. The second kappa shape index (κ2) is 6.30. The van der Waals surface area contributed by atoms with Crippen LogP contribution in [0.1, 0.15) is 60.8 Å². The van der Waals surface area contributed by atoms with E-state index < -0.39 is 0 Å². The van der Waals surface area contributed by atoms with Crippen molar-refractivity contribution < 1.29 is 9.53 Å². The topological polar surface area (TPSA) is 29.5 Å². The number of ether oxygens (including phenoxy) is 1. The molecule has 0 aromatic heterocycles. The molecule has 1 aliphatic heterocycles. The number of piperidine rings is 1. The van der Waals surface area contributed by atoms with Crippen LogP contribution in [-0.4, -0.2) is 34.6 Å². The van der Waals surface area contributed by atoms with Crippen LogP contribution in [0.25, 0.3) is 0 Å². The number of rotatable bonds is 5. The summed E-state index contributed by atoms with van der Waals surface area (Å²) in [6, 6.07) is 0. The van der Waals surface area contributed by atoms with E-state index in [-0.39, 0.29) is 23.2 Å². The van der Waals surface area contributed by atoms with E-state index in [1.165, 1.54) is 18.9 Å². The van der Waals surface area contributed by atoms with Crippen molar-refractivity contribution in [2.75, 3.05) is 6.54 Å². The number of esters is 1. The third-order valence-electron chi connectivity index (χ3n) is 4.61. The molecule has 3 heteroatoms. The maximum absolute atomic E-state index is 11.6. The lowest BCUT2D eigenvalue weighted by atomic mass is 9.72. The van der Waals surface area contributed by atoms with Crippen LogP contribution in [-0.2, 0) is 9.53 Å². The second-order valence-corrected chi connectivity index (χ2v) is 7.21. The van der Waals surface area contributed by atoms with Gasteiger partial charge in [-0.05, 0) is 53.0 Å². The van der Waals surface area contributed by atoms with Crippen molar-refractivity contribution in [2.45, 2.75) is 78.0 Å². The maximum Gasteiger partial charge on any atom is 0.330 e. The Labute approximate surface area is 124 Å². The Hall–Kier alpha value is -0.830. The van der Waals surface area contributed by atoms with Crippen molar-refractivity contribution in [1.29, 1.82) is 0 Å². The van der Waals surface area contributed by atoms with Gasteiger partial charge >= 0.3 is 5.97 Å². The van der Waals surface area contributed by atoms with E-state index in [9.17, 15) is 4.79 Å². The van der Waals surface area contributed by atoms with Gasteiger partial charge in [0.05, 0.1) is 5.54 Å². The first kappa shape index (κ1) is 17.2. The lowest BCUT2D eigenvalue weighted by molar-refractivity contribution is -0.175. The van der Waals surface area contributed by atoms with Gasteiger partial charge in [-0.3, -0.25) is 4.90 Å². The molecule has 0 bridgehead atoms. The van der Waals surface area contributed by atoms with Crippen molar-refractivity contribution in [3.05, 3.63) is 12.7 Å². The Morgan fingerprint density at radius 1 is 1.40 bits per heavy atom. The van der Waals surface area contributed by atoms with E-state index >= 15 is 0 Å². The van der Waals surface area contributed by atoms with Gasteiger partial charge in [0.2, 0.25) is 0 Å². The second-order valence-electron chi connectivity index (χ2n) is 7.21. The van der Waals surface area contributed by atoms with Crippen LogP contribution < -0.4 is 0 Å². The highest BCUT2D eigenvalue weighted by Crippen LogP contribution is 2.43. The minimum absolute atomic E-state index is 0.0853. The molecule has 1 heterocycles. The molecule has 0 saturated carbocycles. The fourth-order valence-electron chi connectivity index (χ4n) is 3.98. The van der Waals surface area contributed by atoms with Gasteiger partial charge in [0.25, 0.3) is 0 Å². The minimum Gasteiger partial charge on any atom is -0.457 e. The van der Waals surface area contributed by atoms with Crippen LogP contribution in [0.4, 0.5) is 0 Å². The molecule has 0 amide bonds. The molecule has 20 heavy (non-hydrogen) atoms. The van der Waals surface area contributed by atoms with E-state index in [0.29, 0.717) is 5.92 Å². The van der Waals surface area contributed by atoms with E-state index in [0.717, 1.165) is 13.0 Å². The van der Waals surface area contributed by atoms with Crippen LogP contribution in [0, 0.1) is 5.92 Å². The standard InChI is InChI=1S/C17H31NO2/c1-8-10-11-18-16(4,5)12-13(3)15(17(18,6)7)20-14(19)9-2/h9,13,15H,2,8,10-12H2,1,3-7H3. The van der Waals surface area contributed by atoms with Crippen molar-refractivity contribution in [3.8, 4) is 0 Å². The SMILES string of the molecule is C=CC(=O)OC1C(C)CC(C)(C)N(CCCC)C1(C)C. The Bertz CT molecular complexity index is 360. The molecule has 0 aromatic rings. The van der Waals surface area contributed by atoms with Gasteiger partial charge < -0.3 is 4.74 Å². The smallest absolute Gasteiger partial charge is 0.330 e. The number of unbranched alkanes of at least 4 members (excludes halogenated alkanes) is 1. The summed E-state index contributed by atoms with van der Waals surface area (Å²) >= 11 is 0. The molecule has 2 unspecified atom stereocenters. The average Bonchev–Trinajstić information content (AvgIpc) is 2.33. The Kier molecular flexibility index (Phi) is 5.42. The summed E-state index contributed by atoms with van der Waals surface area (Å²) in [6.07, 6.45) is 4.56. The Morgan fingerprint density at radius 2 is 2.00 bits per heavy atom. The highest BCUT2D eigenvalue weighted by atomic mass is 16.5. The largest absolute Gasteiger partial charge is 0.457 e. The molecule has 2 atom stereocenters. The first-order chi connectivity index (χ1) is 9.16. The summed E-state index contributed by atoms with van der Waals surface area (Å²) in [5.74, 6) is 0.0341. The van der Waals surface area contributed by atoms with Gasteiger partial charge in [-0.25, -0.2) is 4.79 Å². The lowest BCUT2D eigenvalue weighted by Gasteiger charge is -2.58. The first-order valence-corrected chi connectivity index (χ1v) is 7.77. The molecule has 0 N–H and O–H groups in total. The van der Waals surface area contributed by atoms with E-state index in [1.807, 2.05) is 0 Å². The number of hydrogen-bond acceptors (Lipinski definition) is 3. The van der Waals surface area contributed by atoms with Crippen LogP contribution >= 0.6 is 0 Å². The molecule has 1 aliphatic rings. The molecule has 0 radical (unpaired) electrons. The summed E-state index contributed by atoms with van der Waals surface area (Å²) in [4.78, 5) is 14.2. The molecule has 3 nitrogen and oxygen atoms in total. The van der Waals surface area contributed by atoms with Crippen molar-refractivity contribution >= 4 is 5.97 Å². The first-order valence-electron chi connectivity index (χ1n) is 7.77. The molecule has 1 rings (SSSR count). The van der Waals surface area contributed by atoms with Gasteiger partial charge in [0.1, 0.15) is 6.10 Å². The van der Waals surface area contributed by atoms with Crippen LogP contribution in [0.2, 0.25) is 0 Å². The third kappa shape index (κ3) is 3.43. The summed E-state index contributed by atoms with van der Waals surface area (Å²) in [6.45, 7) is 17.9. The van der Waals surface area contributed by atoms with E-state index in [2.05, 4.69) is 53.0 Å². The molecular weight excluding hydrogens is 250 g/mol. The van der Waals surface area contributed by atoms with Gasteiger partial charge in [-0.2, -0.15) is 0 Å². The zero-order valence-electron chi connectivity index (χ0n) is 14.0. The summed E-state index contributed by atoms with van der Waals surface area (Å²) in [5.41, 5.74) is -0.0236. The fraction of sp³-hybridized carbons (Fsp3) is 0.824. The average molecular weight is 281 g/mol. The minimum atomic E-state index is -0.315. The normalized spacial score (nSPS) is 28.9. The zero-order chi connectivity index (χ0) is 15.6. The molecule has 116 valence electrons. The predicted molar refractivity (Wildman–Crippen MR) is 83.6 cm³/mol. The number of carbonyl (C=O) groups excluding carboxylic acids is 1. The predicted octanol–water partition coefficient (Wildman–Crippen LogP) is 3.78. The van der Waals surface area contributed by atoms with Gasteiger partial charge in [-0.15, -0.1) is 0 Å². The fourth-order valence-corrected chi connectivity index (χ4v) is 3.98. The number of hydrogen-bond donors (Lipinski definition) is 0. The third-order valence-corrected chi connectivity index (χ3v) is 4.61.